The molecule has 110 valence electrons. The fourth-order valence-electron chi connectivity index (χ4n) is 2.69. The van der Waals surface area contributed by atoms with Gasteiger partial charge in [0.2, 0.25) is 5.95 Å². The predicted octanol–water partition coefficient (Wildman–Crippen LogP) is 0.563. The predicted molar refractivity (Wildman–Crippen MR) is 74.4 cm³/mol. The van der Waals surface area contributed by atoms with Crippen LogP contribution < -0.4 is 14.4 Å². The molecule has 1 aliphatic carbocycles. The van der Waals surface area contributed by atoms with E-state index in [2.05, 4.69) is 24.8 Å². The highest BCUT2D eigenvalue weighted by Gasteiger charge is 2.28. The van der Waals surface area contributed by atoms with E-state index in [-0.39, 0.29) is 0 Å². The summed E-state index contributed by atoms with van der Waals surface area (Å²) in [4.78, 5) is 17.4. The number of piperazine rings is 1. The molecule has 0 unspecified atom stereocenters. The number of aromatic nitrogens is 3. The van der Waals surface area contributed by atoms with Gasteiger partial charge in [-0.15, -0.1) is 4.98 Å². The number of ether oxygens (including phenoxy) is 2. The Kier molecular flexibility index (Phi) is 3.86. The molecule has 0 aromatic carbocycles. The van der Waals surface area contributed by atoms with Crippen LogP contribution in [0.15, 0.2) is 0 Å². The van der Waals surface area contributed by atoms with Crippen molar-refractivity contribution in [3.05, 3.63) is 0 Å². The van der Waals surface area contributed by atoms with Gasteiger partial charge in [-0.3, -0.25) is 4.90 Å². The summed E-state index contributed by atoms with van der Waals surface area (Å²) in [7, 11) is 3.10. The van der Waals surface area contributed by atoms with E-state index >= 15 is 0 Å². The fraction of sp³-hybridized carbons (Fsp3) is 0.769. The van der Waals surface area contributed by atoms with Gasteiger partial charge in [-0.25, -0.2) is 0 Å². The molecule has 0 radical (unpaired) electrons. The van der Waals surface area contributed by atoms with Gasteiger partial charge in [-0.05, 0) is 12.8 Å². The first-order valence-electron chi connectivity index (χ1n) is 7.13. The Hall–Kier alpha value is -1.63. The van der Waals surface area contributed by atoms with Crippen molar-refractivity contribution >= 4 is 5.95 Å². The van der Waals surface area contributed by atoms with Crippen LogP contribution in [-0.4, -0.2) is 66.3 Å². The Bertz CT molecular complexity index is 436. The standard InChI is InChI=1S/C13H21N5O2/c1-19-12-14-11(15-13(16-12)20-2)18-8-6-17(7-9-18)10-4-3-5-10/h10H,3-9H2,1-2H3. The highest BCUT2D eigenvalue weighted by atomic mass is 16.5. The summed E-state index contributed by atoms with van der Waals surface area (Å²) in [6, 6.07) is 1.40. The van der Waals surface area contributed by atoms with Crippen LogP contribution in [-0.2, 0) is 0 Å². The summed E-state index contributed by atoms with van der Waals surface area (Å²) < 4.78 is 10.2. The van der Waals surface area contributed by atoms with Gasteiger partial charge in [0.15, 0.2) is 0 Å². The third-order valence-electron chi connectivity index (χ3n) is 4.14. The SMILES string of the molecule is COc1nc(OC)nc(N2CCN(C3CCC3)CC2)n1. The lowest BCUT2D eigenvalue weighted by Gasteiger charge is -2.42. The van der Waals surface area contributed by atoms with E-state index < -0.39 is 0 Å². The molecule has 0 amide bonds. The molecule has 1 saturated heterocycles. The lowest BCUT2D eigenvalue weighted by Crippen LogP contribution is -2.52. The van der Waals surface area contributed by atoms with Crippen molar-refractivity contribution in [3.63, 3.8) is 0 Å². The van der Waals surface area contributed by atoms with Crippen LogP contribution in [0.5, 0.6) is 12.0 Å². The Labute approximate surface area is 118 Å². The first-order valence-corrected chi connectivity index (χ1v) is 7.13. The molecule has 1 saturated carbocycles. The van der Waals surface area contributed by atoms with Gasteiger partial charge in [-0.2, -0.15) is 9.97 Å². The summed E-state index contributed by atoms with van der Waals surface area (Å²) in [5, 5.41) is 0. The van der Waals surface area contributed by atoms with Crippen LogP contribution in [0.3, 0.4) is 0 Å². The van der Waals surface area contributed by atoms with E-state index in [4.69, 9.17) is 9.47 Å². The minimum Gasteiger partial charge on any atom is -0.467 e. The Morgan fingerprint density at radius 1 is 0.900 bits per heavy atom. The monoisotopic (exact) mass is 279 g/mol. The van der Waals surface area contributed by atoms with E-state index in [0.29, 0.717) is 18.0 Å². The summed E-state index contributed by atoms with van der Waals surface area (Å²) >= 11 is 0. The summed E-state index contributed by atoms with van der Waals surface area (Å²) in [5.41, 5.74) is 0. The maximum Gasteiger partial charge on any atom is 0.324 e. The molecule has 0 spiro atoms. The van der Waals surface area contributed by atoms with Crippen molar-refractivity contribution in [1.82, 2.24) is 19.9 Å². The molecule has 20 heavy (non-hydrogen) atoms. The minimum atomic E-state index is 0.299. The van der Waals surface area contributed by atoms with Crippen molar-refractivity contribution in [2.24, 2.45) is 0 Å². The molecule has 3 rings (SSSR count). The molecule has 2 heterocycles. The number of nitrogens with zero attached hydrogens (tertiary/aromatic N) is 5. The molecular weight excluding hydrogens is 258 g/mol. The maximum atomic E-state index is 5.09. The molecule has 1 aromatic rings. The fourth-order valence-corrected chi connectivity index (χ4v) is 2.69. The second-order valence-corrected chi connectivity index (χ2v) is 5.22. The molecule has 0 N–H and O–H groups in total. The average Bonchev–Trinajstić information content (AvgIpc) is 2.45. The summed E-state index contributed by atoms with van der Waals surface area (Å²) in [5.74, 6) is 0.641. The molecule has 0 bridgehead atoms. The summed E-state index contributed by atoms with van der Waals surface area (Å²) in [6.45, 7) is 4.02. The average molecular weight is 279 g/mol. The van der Waals surface area contributed by atoms with Crippen LogP contribution in [0.4, 0.5) is 5.95 Å². The van der Waals surface area contributed by atoms with Gasteiger partial charge in [0.1, 0.15) is 0 Å². The second-order valence-electron chi connectivity index (χ2n) is 5.22. The second kappa shape index (κ2) is 5.78. The van der Waals surface area contributed by atoms with Gasteiger partial charge in [0.25, 0.3) is 0 Å². The first-order chi connectivity index (χ1) is 9.80. The van der Waals surface area contributed by atoms with Crippen molar-refractivity contribution in [1.29, 1.82) is 0 Å². The topological polar surface area (TPSA) is 63.6 Å². The number of rotatable bonds is 4. The van der Waals surface area contributed by atoms with E-state index in [9.17, 15) is 0 Å². The lowest BCUT2D eigenvalue weighted by molar-refractivity contribution is 0.120. The van der Waals surface area contributed by atoms with Gasteiger partial charge in [-0.1, -0.05) is 6.42 Å². The van der Waals surface area contributed by atoms with Gasteiger partial charge < -0.3 is 14.4 Å². The van der Waals surface area contributed by atoms with Crippen LogP contribution in [0, 0.1) is 0 Å². The molecule has 7 heteroatoms. The van der Waals surface area contributed by atoms with Crippen molar-refractivity contribution in [2.75, 3.05) is 45.3 Å². The quantitative estimate of drug-likeness (QED) is 0.798. The molecule has 2 aliphatic rings. The van der Waals surface area contributed by atoms with Crippen LogP contribution in [0.2, 0.25) is 0 Å². The van der Waals surface area contributed by atoms with Gasteiger partial charge in [0.05, 0.1) is 14.2 Å². The van der Waals surface area contributed by atoms with Gasteiger partial charge >= 0.3 is 12.0 Å². The third kappa shape index (κ3) is 2.63. The molecular formula is C13H21N5O2. The van der Waals surface area contributed by atoms with Crippen LogP contribution in [0.25, 0.3) is 0 Å². The summed E-state index contributed by atoms with van der Waals surface area (Å²) in [6.07, 6.45) is 4.09. The number of methoxy groups -OCH3 is 2. The number of hydrogen-bond acceptors (Lipinski definition) is 7. The molecule has 7 nitrogen and oxygen atoms in total. The third-order valence-corrected chi connectivity index (χ3v) is 4.14. The maximum absolute atomic E-state index is 5.09. The number of hydrogen-bond donors (Lipinski definition) is 0. The Morgan fingerprint density at radius 2 is 1.50 bits per heavy atom. The highest BCUT2D eigenvalue weighted by Crippen LogP contribution is 2.26. The molecule has 2 fully saturated rings. The van der Waals surface area contributed by atoms with Crippen LogP contribution in [0.1, 0.15) is 19.3 Å². The molecule has 1 aliphatic heterocycles. The van der Waals surface area contributed by atoms with Crippen molar-refractivity contribution in [2.45, 2.75) is 25.3 Å². The van der Waals surface area contributed by atoms with Gasteiger partial charge in [0, 0.05) is 32.2 Å². The van der Waals surface area contributed by atoms with E-state index in [1.54, 1.807) is 14.2 Å². The Balaban J connectivity index is 1.67. The minimum absolute atomic E-state index is 0.299. The number of anilines is 1. The zero-order valence-electron chi connectivity index (χ0n) is 12.1. The van der Waals surface area contributed by atoms with Crippen LogP contribution >= 0.6 is 0 Å². The lowest BCUT2D eigenvalue weighted by atomic mass is 9.91. The Morgan fingerprint density at radius 3 is 1.95 bits per heavy atom. The van der Waals surface area contributed by atoms with Crippen molar-refractivity contribution < 1.29 is 9.47 Å². The van der Waals surface area contributed by atoms with E-state index in [1.807, 2.05) is 0 Å². The largest absolute Gasteiger partial charge is 0.467 e. The normalized spacial score (nSPS) is 20.6. The van der Waals surface area contributed by atoms with E-state index in [0.717, 1.165) is 32.2 Å². The zero-order chi connectivity index (χ0) is 13.9. The van der Waals surface area contributed by atoms with Crippen molar-refractivity contribution in [3.8, 4) is 12.0 Å². The highest BCUT2D eigenvalue weighted by molar-refractivity contribution is 5.33. The molecule has 0 atom stereocenters. The smallest absolute Gasteiger partial charge is 0.324 e. The zero-order valence-corrected chi connectivity index (χ0v) is 12.1. The van der Waals surface area contributed by atoms with E-state index in [1.165, 1.54) is 19.3 Å². The molecule has 1 aromatic heterocycles. The first kappa shape index (κ1) is 13.4.